The first-order chi connectivity index (χ1) is 24.1. The number of rotatable bonds is 8. The van der Waals surface area contributed by atoms with Crippen LogP contribution in [0.1, 0.15) is 139 Å². The van der Waals surface area contributed by atoms with E-state index in [1.54, 1.807) is 0 Å². The Morgan fingerprint density at radius 1 is 0.865 bits per heavy atom. The topological polar surface area (TPSA) is 95.9 Å². The van der Waals surface area contributed by atoms with Crippen molar-refractivity contribution < 1.29 is 23.1 Å². The van der Waals surface area contributed by atoms with E-state index in [-0.39, 0.29) is 68.2 Å². The van der Waals surface area contributed by atoms with Crippen molar-refractivity contribution >= 4 is 15.8 Å². The molecule has 1 saturated heterocycles. The van der Waals surface area contributed by atoms with Crippen LogP contribution in [0.5, 0.6) is 0 Å². The third-order valence-corrected chi connectivity index (χ3v) is 20.2. The lowest BCUT2D eigenvalue weighted by molar-refractivity contribution is -0.248. The molecule has 0 radical (unpaired) electrons. The number of carbonyl (C=O) groups excluding carboxylic acids is 1. The van der Waals surface area contributed by atoms with E-state index in [1.165, 1.54) is 44.1 Å². The molecule has 13 atom stereocenters. The molecule has 6 saturated carbocycles. The molecule has 0 spiro atoms. The third kappa shape index (κ3) is 5.94. The molecule has 7 aliphatic rings. The van der Waals surface area contributed by atoms with Gasteiger partial charge in [-0.15, -0.1) is 0 Å². The van der Waals surface area contributed by atoms with Gasteiger partial charge in [-0.3, -0.25) is 9.69 Å². The Morgan fingerprint density at radius 2 is 1.56 bits per heavy atom. The van der Waals surface area contributed by atoms with Gasteiger partial charge in [0.15, 0.2) is 9.84 Å². The predicted molar refractivity (Wildman–Crippen MR) is 209 cm³/mol. The zero-order valence-electron chi connectivity index (χ0n) is 34.4. The number of allylic oxidation sites excluding steroid dienone is 1. The van der Waals surface area contributed by atoms with Gasteiger partial charge >= 0.3 is 5.97 Å². The Labute approximate surface area is 317 Å². The maximum absolute atomic E-state index is 13.5. The van der Waals surface area contributed by atoms with Gasteiger partial charge < -0.3 is 15.2 Å². The number of ether oxygens (including phenoxy) is 1. The molecule has 0 aromatic rings. The molecular formula is C44H74N2O5S. The highest BCUT2D eigenvalue weighted by Gasteiger charge is 2.71. The summed E-state index contributed by atoms with van der Waals surface area (Å²) in [5, 5.41) is 15.2. The van der Waals surface area contributed by atoms with Crippen LogP contribution >= 0.6 is 0 Å². The first kappa shape index (κ1) is 39.3. The number of fused-ring (bicyclic) bond motifs is 7. The summed E-state index contributed by atoms with van der Waals surface area (Å²) in [6.45, 7) is 27.8. The van der Waals surface area contributed by atoms with Gasteiger partial charge in [0.1, 0.15) is 6.10 Å². The van der Waals surface area contributed by atoms with Crippen LogP contribution in [0.2, 0.25) is 0 Å². The van der Waals surface area contributed by atoms with Crippen LogP contribution in [0.15, 0.2) is 12.2 Å². The van der Waals surface area contributed by atoms with Crippen LogP contribution in [0.4, 0.5) is 0 Å². The largest absolute Gasteiger partial charge is 0.462 e. The van der Waals surface area contributed by atoms with Gasteiger partial charge in [-0.1, -0.05) is 60.6 Å². The molecule has 7 rings (SSSR count). The highest BCUT2D eigenvalue weighted by atomic mass is 32.2. The number of esters is 1. The van der Waals surface area contributed by atoms with Crippen molar-refractivity contribution in [2.75, 3.05) is 31.1 Å². The lowest BCUT2D eigenvalue weighted by Crippen LogP contribution is -2.69. The molecule has 7 nitrogen and oxygen atoms in total. The van der Waals surface area contributed by atoms with Gasteiger partial charge in [0.25, 0.3) is 0 Å². The van der Waals surface area contributed by atoms with E-state index in [4.69, 9.17) is 4.74 Å². The number of carbonyl (C=O) groups is 1. The van der Waals surface area contributed by atoms with Crippen molar-refractivity contribution in [1.29, 1.82) is 0 Å². The molecule has 0 unspecified atom stereocenters. The molecule has 8 heteroatoms. The van der Waals surface area contributed by atoms with Crippen molar-refractivity contribution in [1.82, 2.24) is 10.2 Å². The zero-order valence-corrected chi connectivity index (χ0v) is 35.2. The number of sulfone groups is 1. The third-order valence-electron chi connectivity index (χ3n) is 18.6. The van der Waals surface area contributed by atoms with Crippen LogP contribution in [0.3, 0.4) is 0 Å². The van der Waals surface area contributed by atoms with E-state index in [0.717, 1.165) is 38.5 Å². The fourth-order valence-electron chi connectivity index (χ4n) is 15.1. The quantitative estimate of drug-likeness (QED) is 0.194. The van der Waals surface area contributed by atoms with Crippen molar-refractivity contribution in [3.05, 3.63) is 12.2 Å². The summed E-state index contributed by atoms with van der Waals surface area (Å²) in [4.78, 5) is 15.7. The fraction of sp³-hybridized carbons (Fsp3) is 0.932. The summed E-state index contributed by atoms with van der Waals surface area (Å²) in [7, 11) is -2.98. The van der Waals surface area contributed by atoms with Gasteiger partial charge in [0.2, 0.25) is 0 Å². The first-order valence-electron chi connectivity index (χ1n) is 21.4. The van der Waals surface area contributed by atoms with Gasteiger partial charge in [-0.2, -0.15) is 0 Å². The number of aliphatic hydroxyl groups excluding tert-OH is 1. The molecule has 7 fully saturated rings. The lowest BCUT2D eigenvalue weighted by atomic mass is 9.32. The Morgan fingerprint density at radius 3 is 2.15 bits per heavy atom. The summed E-state index contributed by atoms with van der Waals surface area (Å²) in [5.74, 6) is 3.30. The molecule has 2 N–H and O–H groups in total. The minimum absolute atomic E-state index is 0.00162. The van der Waals surface area contributed by atoms with E-state index in [1.807, 2.05) is 6.92 Å². The maximum atomic E-state index is 13.5. The van der Waals surface area contributed by atoms with Gasteiger partial charge in [-0.05, 0) is 142 Å². The second kappa shape index (κ2) is 13.0. The van der Waals surface area contributed by atoms with Crippen molar-refractivity contribution in [3.8, 4) is 0 Å². The van der Waals surface area contributed by atoms with E-state index in [0.29, 0.717) is 49.2 Å². The molecule has 0 amide bonds. The zero-order chi connectivity index (χ0) is 37.9. The van der Waals surface area contributed by atoms with Crippen molar-refractivity contribution in [2.45, 2.75) is 163 Å². The number of aliphatic hydroxyl groups is 1. The fourth-order valence-corrected chi connectivity index (χ4v) is 16.4. The highest BCUT2D eigenvalue weighted by molar-refractivity contribution is 7.91. The SMILES string of the molecule is C=C(C)[C@@H]1CC[C@]2(NC[C@H]([C@@H](C)O)N3CCS(=O)(=O)CC3)CC[C@]3(C)[C@H](CC[C@@H]4[C@@]5(C)CC[C@H](OC(=O)[C@H]6CCC6(C)C)C(C)(C)[C@@H]5CC[C@]43C)[C@@H]12. The van der Waals surface area contributed by atoms with Crippen LogP contribution in [-0.2, 0) is 19.4 Å². The smallest absolute Gasteiger partial charge is 0.309 e. The predicted octanol–water partition coefficient (Wildman–Crippen LogP) is 7.81. The van der Waals surface area contributed by atoms with Crippen molar-refractivity contribution in [2.24, 2.45) is 62.6 Å². The van der Waals surface area contributed by atoms with Crippen LogP contribution in [0.25, 0.3) is 0 Å². The average molecular weight is 743 g/mol. The molecule has 1 heterocycles. The summed E-state index contributed by atoms with van der Waals surface area (Å²) >= 11 is 0. The van der Waals surface area contributed by atoms with Gasteiger partial charge in [0, 0.05) is 36.6 Å². The molecule has 0 aromatic carbocycles. The maximum Gasteiger partial charge on any atom is 0.309 e. The minimum Gasteiger partial charge on any atom is -0.462 e. The normalized spacial score (nSPS) is 47.4. The Bertz CT molecular complexity index is 1510. The number of nitrogens with zero attached hydrogens (tertiary/aromatic N) is 1. The summed E-state index contributed by atoms with van der Waals surface area (Å²) in [6, 6.07) is -0.0934. The number of nitrogens with one attached hydrogen (secondary N) is 1. The van der Waals surface area contributed by atoms with Crippen molar-refractivity contribution in [3.63, 3.8) is 0 Å². The van der Waals surface area contributed by atoms with E-state index >= 15 is 0 Å². The molecule has 1 aliphatic heterocycles. The summed E-state index contributed by atoms with van der Waals surface area (Å²) in [5.41, 5.74) is 2.07. The molecule has 296 valence electrons. The Hall–Kier alpha value is -0.960. The summed E-state index contributed by atoms with van der Waals surface area (Å²) < 4.78 is 31.0. The van der Waals surface area contributed by atoms with E-state index in [2.05, 4.69) is 72.2 Å². The standard InChI is InChI=1S/C44H74N2O5S/c1-28(2)30-13-20-44(45-27-33(29(3)47)46-23-25-52(49,50)26-24-46)22-21-42(9)31(37(30)44)11-12-35-41(8)18-16-36(51-38(48)32-14-17-39(32,4)5)40(6,7)34(41)15-19-43(35,42)10/h29-37,45,47H,1,11-27H2,2-10H3/t29-,30+,31-,32-,33-,34+,35-,36+,37-,41+,42-,43-,44+/m1/s1. The van der Waals surface area contributed by atoms with E-state index in [9.17, 15) is 18.3 Å². The Kier molecular flexibility index (Phi) is 9.86. The molecule has 52 heavy (non-hydrogen) atoms. The van der Waals surface area contributed by atoms with Gasteiger partial charge in [0.05, 0.1) is 23.5 Å². The highest BCUT2D eigenvalue weighted by Crippen LogP contribution is 2.76. The van der Waals surface area contributed by atoms with Crippen LogP contribution in [-0.4, -0.2) is 79.3 Å². The average Bonchev–Trinajstić information content (AvgIpc) is 3.43. The van der Waals surface area contributed by atoms with Crippen LogP contribution in [0, 0.1) is 62.6 Å². The molecule has 6 aliphatic carbocycles. The van der Waals surface area contributed by atoms with E-state index < -0.39 is 15.9 Å². The second-order valence-electron chi connectivity index (χ2n) is 21.6. The number of hydrogen-bond acceptors (Lipinski definition) is 7. The molecule has 0 bridgehead atoms. The second-order valence-corrected chi connectivity index (χ2v) is 23.9. The molecule has 0 aromatic heterocycles. The van der Waals surface area contributed by atoms with Crippen LogP contribution < -0.4 is 5.32 Å². The Balaban J connectivity index is 1.12. The van der Waals surface area contributed by atoms with Gasteiger partial charge in [-0.25, -0.2) is 8.42 Å². The molecular weight excluding hydrogens is 669 g/mol. The summed E-state index contributed by atoms with van der Waals surface area (Å²) in [6.07, 6.45) is 13.4. The first-order valence-corrected chi connectivity index (χ1v) is 23.2. The lowest BCUT2D eigenvalue weighted by Gasteiger charge is -2.73. The number of hydrogen-bond donors (Lipinski definition) is 2. The monoisotopic (exact) mass is 743 g/mol. The minimum atomic E-state index is -2.98.